The van der Waals surface area contributed by atoms with E-state index in [9.17, 15) is 9.59 Å². The largest absolute Gasteiger partial charge is 0.487 e. The van der Waals surface area contributed by atoms with Gasteiger partial charge in [0.1, 0.15) is 24.0 Å². The third kappa shape index (κ3) is 5.00. The molecule has 1 aromatic heterocycles. The standard InChI is InChI=1S/C18H20ClNO5/c1-3-12(25-14-7-5-4-6-13(14)19)9-20-18(23)17-11(2)10-24-15(17)8-16(21)22/h4-7,10,12H,3,8-9H2,1-2H3,(H,20,23)(H,21,22). The highest BCUT2D eigenvalue weighted by Crippen LogP contribution is 2.24. The minimum absolute atomic E-state index is 0.141. The summed E-state index contributed by atoms with van der Waals surface area (Å²) >= 11 is 6.08. The quantitative estimate of drug-likeness (QED) is 0.747. The van der Waals surface area contributed by atoms with Crippen molar-refractivity contribution in [2.75, 3.05) is 6.54 Å². The Bertz CT molecular complexity index is 756. The van der Waals surface area contributed by atoms with Gasteiger partial charge in [-0.05, 0) is 25.5 Å². The maximum atomic E-state index is 12.4. The number of furan rings is 1. The molecule has 0 aliphatic carbocycles. The molecule has 0 aliphatic heterocycles. The predicted octanol–water partition coefficient (Wildman–Crippen LogP) is 3.46. The number of carboxylic acids is 1. The zero-order valence-electron chi connectivity index (χ0n) is 14.0. The second-order valence-electron chi connectivity index (χ2n) is 5.58. The number of nitrogens with one attached hydrogen (secondary N) is 1. The van der Waals surface area contributed by atoms with Crippen molar-refractivity contribution in [2.24, 2.45) is 0 Å². The van der Waals surface area contributed by atoms with Crippen LogP contribution in [-0.2, 0) is 11.2 Å². The van der Waals surface area contributed by atoms with Crippen molar-refractivity contribution < 1.29 is 23.8 Å². The van der Waals surface area contributed by atoms with E-state index in [0.29, 0.717) is 22.8 Å². The van der Waals surface area contributed by atoms with E-state index in [-0.39, 0.29) is 36.3 Å². The maximum Gasteiger partial charge on any atom is 0.311 e. The van der Waals surface area contributed by atoms with Crippen molar-refractivity contribution in [1.82, 2.24) is 5.32 Å². The number of benzene rings is 1. The van der Waals surface area contributed by atoms with E-state index in [1.54, 1.807) is 19.1 Å². The van der Waals surface area contributed by atoms with Gasteiger partial charge in [0.25, 0.3) is 5.91 Å². The molecule has 0 fully saturated rings. The molecule has 1 atom stereocenters. The van der Waals surface area contributed by atoms with Gasteiger partial charge < -0.3 is 19.6 Å². The van der Waals surface area contributed by atoms with E-state index in [4.69, 9.17) is 25.9 Å². The number of carboxylic acid groups (broad SMARTS) is 1. The van der Waals surface area contributed by atoms with Crippen LogP contribution in [0.1, 0.15) is 35.0 Å². The molecule has 1 aromatic carbocycles. The molecule has 2 rings (SSSR count). The number of ether oxygens (including phenoxy) is 1. The van der Waals surface area contributed by atoms with Gasteiger partial charge in [0.2, 0.25) is 0 Å². The van der Waals surface area contributed by atoms with E-state index in [2.05, 4.69) is 5.32 Å². The van der Waals surface area contributed by atoms with Gasteiger partial charge in [0.15, 0.2) is 0 Å². The maximum absolute atomic E-state index is 12.4. The van der Waals surface area contributed by atoms with Gasteiger partial charge in [-0.15, -0.1) is 0 Å². The molecule has 6 nitrogen and oxygen atoms in total. The summed E-state index contributed by atoms with van der Waals surface area (Å²) in [4.78, 5) is 23.3. The number of rotatable bonds is 8. The van der Waals surface area contributed by atoms with Crippen LogP contribution in [0, 0.1) is 6.92 Å². The molecule has 0 spiro atoms. The molecule has 1 unspecified atom stereocenters. The summed E-state index contributed by atoms with van der Waals surface area (Å²) in [7, 11) is 0. The zero-order chi connectivity index (χ0) is 18.4. The van der Waals surface area contributed by atoms with Crippen molar-refractivity contribution in [2.45, 2.75) is 32.8 Å². The molecule has 0 bridgehead atoms. The fourth-order valence-electron chi connectivity index (χ4n) is 2.35. The Kier molecular flexibility index (Phi) is 6.47. The molecule has 7 heteroatoms. The molecule has 0 saturated carbocycles. The number of carbonyl (C=O) groups is 2. The van der Waals surface area contributed by atoms with E-state index in [0.717, 1.165) is 0 Å². The molecule has 0 radical (unpaired) electrons. The van der Waals surface area contributed by atoms with Crippen molar-refractivity contribution in [1.29, 1.82) is 0 Å². The first-order valence-electron chi connectivity index (χ1n) is 7.90. The number of hydrogen-bond acceptors (Lipinski definition) is 4. The van der Waals surface area contributed by atoms with E-state index >= 15 is 0 Å². The summed E-state index contributed by atoms with van der Waals surface area (Å²) in [6, 6.07) is 7.12. The van der Waals surface area contributed by atoms with E-state index in [1.807, 2.05) is 19.1 Å². The third-order valence-electron chi connectivity index (χ3n) is 3.67. The molecule has 1 heterocycles. The second-order valence-corrected chi connectivity index (χ2v) is 5.98. The number of hydrogen-bond donors (Lipinski definition) is 2. The fraction of sp³-hybridized carbons (Fsp3) is 0.333. The summed E-state index contributed by atoms with van der Waals surface area (Å²) in [6.45, 7) is 3.89. The highest BCUT2D eigenvalue weighted by atomic mass is 35.5. The van der Waals surface area contributed by atoms with Crippen LogP contribution < -0.4 is 10.1 Å². The second kappa shape index (κ2) is 8.58. The Morgan fingerprint density at radius 3 is 2.72 bits per heavy atom. The fourth-order valence-corrected chi connectivity index (χ4v) is 2.53. The molecule has 25 heavy (non-hydrogen) atoms. The molecule has 2 N–H and O–H groups in total. The van der Waals surface area contributed by atoms with Gasteiger partial charge in [-0.2, -0.15) is 0 Å². The average Bonchev–Trinajstić information content (AvgIpc) is 2.92. The van der Waals surface area contributed by atoms with Crippen LogP contribution in [-0.4, -0.2) is 29.6 Å². The monoisotopic (exact) mass is 365 g/mol. The average molecular weight is 366 g/mol. The van der Waals surface area contributed by atoms with E-state index in [1.165, 1.54) is 6.26 Å². The predicted molar refractivity (Wildman–Crippen MR) is 93.3 cm³/mol. The number of carbonyl (C=O) groups excluding carboxylic acids is 1. The molecule has 0 aliphatic rings. The van der Waals surface area contributed by atoms with Crippen LogP contribution >= 0.6 is 11.6 Å². The Labute approximate surface area is 150 Å². The summed E-state index contributed by atoms with van der Waals surface area (Å²) in [5.41, 5.74) is 0.851. The Morgan fingerprint density at radius 2 is 2.08 bits per heavy atom. The van der Waals surface area contributed by atoms with Gasteiger partial charge in [-0.1, -0.05) is 30.7 Å². The number of aliphatic carboxylic acids is 1. The third-order valence-corrected chi connectivity index (χ3v) is 3.98. The van der Waals surface area contributed by atoms with Crippen LogP contribution in [0.5, 0.6) is 5.75 Å². The van der Waals surface area contributed by atoms with Crippen LogP contribution in [0.4, 0.5) is 0 Å². The first-order valence-corrected chi connectivity index (χ1v) is 8.28. The highest BCUT2D eigenvalue weighted by Gasteiger charge is 2.21. The van der Waals surface area contributed by atoms with E-state index < -0.39 is 5.97 Å². The summed E-state index contributed by atoms with van der Waals surface area (Å²) in [6.07, 6.45) is 1.44. The van der Waals surface area contributed by atoms with Gasteiger partial charge in [-0.25, -0.2) is 0 Å². The first-order chi connectivity index (χ1) is 11.9. The van der Waals surface area contributed by atoms with Crippen molar-refractivity contribution in [3.63, 3.8) is 0 Å². The molecule has 2 aromatic rings. The Morgan fingerprint density at radius 1 is 1.36 bits per heavy atom. The molecule has 0 saturated heterocycles. The van der Waals surface area contributed by atoms with Crippen molar-refractivity contribution >= 4 is 23.5 Å². The Balaban J connectivity index is 2.02. The van der Waals surface area contributed by atoms with Crippen molar-refractivity contribution in [3.05, 3.63) is 52.4 Å². The first kappa shape index (κ1) is 18.9. The number of halogens is 1. The smallest absolute Gasteiger partial charge is 0.311 e. The van der Waals surface area contributed by atoms with Gasteiger partial charge >= 0.3 is 5.97 Å². The minimum Gasteiger partial charge on any atom is -0.487 e. The summed E-state index contributed by atoms with van der Waals surface area (Å²) in [5, 5.41) is 12.2. The Hall–Kier alpha value is -2.47. The lowest BCUT2D eigenvalue weighted by atomic mass is 10.1. The number of aryl methyl sites for hydroxylation is 1. The van der Waals surface area contributed by atoms with Gasteiger partial charge in [0.05, 0.1) is 23.4 Å². The molecular formula is C18H20ClNO5. The SMILES string of the molecule is CCC(CNC(=O)c1c(C)coc1CC(=O)O)Oc1ccccc1Cl. The van der Waals surface area contributed by atoms with Gasteiger partial charge in [-0.3, -0.25) is 9.59 Å². The molecule has 1 amide bonds. The van der Waals surface area contributed by atoms with Crippen LogP contribution in [0.15, 0.2) is 34.9 Å². The summed E-state index contributed by atoms with van der Waals surface area (Å²) < 4.78 is 11.0. The van der Waals surface area contributed by atoms with Crippen molar-refractivity contribution in [3.8, 4) is 5.75 Å². The molecule has 134 valence electrons. The van der Waals surface area contributed by atoms with Crippen LogP contribution in [0.3, 0.4) is 0 Å². The summed E-state index contributed by atoms with van der Waals surface area (Å²) in [5.74, 6) is -0.750. The van der Waals surface area contributed by atoms with Gasteiger partial charge in [0, 0.05) is 5.56 Å². The number of amides is 1. The molecular weight excluding hydrogens is 346 g/mol. The van der Waals surface area contributed by atoms with Crippen LogP contribution in [0.25, 0.3) is 0 Å². The van der Waals surface area contributed by atoms with Crippen LogP contribution in [0.2, 0.25) is 5.02 Å². The normalized spacial score (nSPS) is 11.8. The highest BCUT2D eigenvalue weighted by molar-refractivity contribution is 6.32. The lowest BCUT2D eigenvalue weighted by Gasteiger charge is -2.19. The minimum atomic E-state index is -1.06. The number of para-hydroxylation sites is 1. The lowest BCUT2D eigenvalue weighted by Crippen LogP contribution is -2.35. The zero-order valence-corrected chi connectivity index (χ0v) is 14.8. The topological polar surface area (TPSA) is 88.8 Å². The lowest BCUT2D eigenvalue weighted by molar-refractivity contribution is -0.136.